The van der Waals surface area contributed by atoms with Gasteiger partial charge in [0.1, 0.15) is 17.4 Å². The van der Waals surface area contributed by atoms with Gasteiger partial charge in [0.05, 0.1) is 19.3 Å². The van der Waals surface area contributed by atoms with Gasteiger partial charge >= 0.3 is 5.97 Å². The van der Waals surface area contributed by atoms with Gasteiger partial charge in [-0.05, 0) is 78.6 Å². The molecular weight excluding hydrogens is 496 g/mol. The summed E-state index contributed by atoms with van der Waals surface area (Å²) in [4.78, 5) is 24.6. The molecule has 0 unspecified atom stereocenters. The molecule has 0 aliphatic rings. The van der Waals surface area contributed by atoms with E-state index in [1.807, 2.05) is 42.5 Å². The molecule has 3 aromatic rings. The van der Waals surface area contributed by atoms with E-state index in [1.54, 1.807) is 50.4 Å². The Morgan fingerprint density at radius 2 is 1.79 bits per heavy atom. The van der Waals surface area contributed by atoms with Gasteiger partial charge in [-0.2, -0.15) is 5.26 Å². The minimum absolute atomic E-state index is 0.0481. The van der Waals surface area contributed by atoms with Gasteiger partial charge in [-0.1, -0.05) is 40.2 Å². The number of carbonyl (C=O) groups excluding carboxylic acids is 2. The molecule has 0 saturated heterocycles. The Labute approximate surface area is 207 Å². The molecule has 0 aliphatic heterocycles. The van der Waals surface area contributed by atoms with E-state index in [0.29, 0.717) is 23.4 Å². The highest BCUT2D eigenvalue weighted by atomic mass is 79.9. The van der Waals surface area contributed by atoms with Crippen molar-refractivity contribution in [2.75, 3.05) is 19.0 Å². The van der Waals surface area contributed by atoms with Crippen LogP contribution in [0, 0.1) is 11.3 Å². The number of benzene rings is 3. The first-order valence-corrected chi connectivity index (χ1v) is 11.3. The summed E-state index contributed by atoms with van der Waals surface area (Å²) in [5, 5.41) is 12.4. The molecule has 0 bridgehead atoms. The van der Waals surface area contributed by atoms with Crippen LogP contribution in [0.1, 0.15) is 34.0 Å². The minimum atomic E-state index is -0.547. The van der Waals surface area contributed by atoms with Crippen LogP contribution < -0.4 is 10.1 Å². The van der Waals surface area contributed by atoms with Crippen LogP contribution in [0.15, 0.2) is 76.8 Å². The van der Waals surface area contributed by atoms with Gasteiger partial charge < -0.3 is 14.8 Å². The van der Waals surface area contributed by atoms with Crippen LogP contribution in [0.25, 0.3) is 6.08 Å². The molecule has 7 heteroatoms. The molecule has 0 spiro atoms. The summed E-state index contributed by atoms with van der Waals surface area (Å²) in [5.74, 6) is -0.298. The summed E-state index contributed by atoms with van der Waals surface area (Å²) in [6.07, 6.45) is 2.15. The Balaban J connectivity index is 1.85. The summed E-state index contributed by atoms with van der Waals surface area (Å²) < 4.78 is 11.3. The van der Waals surface area contributed by atoms with E-state index >= 15 is 0 Å². The lowest BCUT2D eigenvalue weighted by Crippen LogP contribution is -2.14. The van der Waals surface area contributed by atoms with Crippen molar-refractivity contribution >= 4 is 39.6 Å². The second-order valence-electron chi connectivity index (χ2n) is 7.25. The number of halogens is 1. The third kappa shape index (κ3) is 6.33. The number of amides is 1. The lowest BCUT2D eigenvalue weighted by molar-refractivity contribution is -0.112. The monoisotopic (exact) mass is 518 g/mol. The topological polar surface area (TPSA) is 88.4 Å². The standard InChI is InChI=1S/C27H23BrN2O4/c1-3-34-27(32)18-8-11-23(12-9-18)30-26(31)22(17-29)14-19-10-13-24(33-2)16-21(19)15-20-6-4-5-7-25(20)28/h4-14,16H,3,15H2,1-2H3,(H,30,31)/b22-14+. The average molecular weight is 519 g/mol. The lowest BCUT2D eigenvalue weighted by Gasteiger charge is -2.11. The zero-order valence-electron chi connectivity index (χ0n) is 18.8. The van der Waals surface area contributed by atoms with E-state index in [9.17, 15) is 14.9 Å². The van der Waals surface area contributed by atoms with Gasteiger partial charge in [0, 0.05) is 10.2 Å². The Kier molecular flexibility index (Phi) is 8.60. The van der Waals surface area contributed by atoms with E-state index < -0.39 is 11.9 Å². The summed E-state index contributed by atoms with van der Waals surface area (Å²) in [5.41, 5.74) is 3.50. The van der Waals surface area contributed by atoms with Crippen molar-refractivity contribution in [1.82, 2.24) is 0 Å². The largest absolute Gasteiger partial charge is 0.497 e. The molecule has 3 rings (SSSR count). The molecular formula is C27H23BrN2O4. The second kappa shape index (κ2) is 11.8. The Morgan fingerprint density at radius 3 is 2.44 bits per heavy atom. The fourth-order valence-corrected chi connectivity index (χ4v) is 3.68. The first kappa shape index (κ1) is 24.7. The summed E-state index contributed by atoms with van der Waals surface area (Å²) in [7, 11) is 1.59. The van der Waals surface area contributed by atoms with Crippen molar-refractivity contribution in [1.29, 1.82) is 5.26 Å². The fourth-order valence-electron chi connectivity index (χ4n) is 3.26. The zero-order valence-corrected chi connectivity index (χ0v) is 20.4. The molecule has 0 aromatic heterocycles. The summed E-state index contributed by atoms with van der Waals surface area (Å²) in [6, 6.07) is 21.7. The van der Waals surface area contributed by atoms with Crippen molar-refractivity contribution in [2.24, 2.45) is 0 Å². The van der Waals surface area contributed by atoms with Gasteiger partial charge in [-0.25, -0.2) is 4.79 Å². The highest BCUT2D eigenvalue weighted by molar-refractivity contribution is 9.10. The first-order chi connectivity index (χ1) is 16.4. The SMILES string of the molecule is CCOC(=O)c1ccc(NC(=O)/C(C#N)=C/c2ccc(OC)cc2Cc2ccccc2Br)cc1. The summed E-state index contributed by atoms with van der Waals surface area (Å²) in [6.45, 7) is 2.01. The number of nitrogens with one attached hydrogen (secondary N) is 1. The molecule has 6 nitrogen and oxygen atoms in total. The maximum Gasteiger partial charge on any atom is 0.338 e. The number of nitrogens with zero attached hydrogens (tertiary/aromatic N) is 1. The number of nitriles is 1. The van der Waals surface area contributed by atoms with Crippen molar-refractivity contribution < 1.29 is 19.1 Å². The first-order valence-electron chi connectivity index (χ1n) is 10.6. The molecule has 0 radical (unpaired) electrons. The number of carbonyl (C=O) groups is 2. The van der Waals surface area contributed by atoms with E-state index in [4.69, 9.17) is 9.47 Å². The van der Waals surface area contributed by atoms with Crippen molar-refractivity contribution in [2.45, 2.75) is 13.3 Å². The molecule has 3 aromatic carbocycles. The molecule has 34 heavy (non-hydrogen) atoms. The van der Waals surface area contributed by atoms with Gasteiger partial charge in [0.25, 0.3) is 5.91 Å². The third-order valence-electron chi connectivity index (χ3n) is 5.01. The van der Waals surface area contributed by atoms with Crippen LogP contribution in [-0.4, -0.2) is 25.6 Å². The third-order valence-corrected chi connectivity index (χ3v) is 5.78. The zero-order chi connectivity index (χ0) is 24.5. The van der Waals surface area contributed by atoms with Gasteiger partial charge in [0.2, 0.25) is 0 Å². The fraction of sp³-hybridized carbons (Fsp3) is 0.148. The number of methoxy groups -OCH3 is 1. The van der Waals surface area contributed by atoms with Crippen molar-refractivity contribution in [3.63, 3.8) is 0 Å². The lowest BCUT2D eigenvalue weighted by atomic mass is 9.97. The van der Waals surface area contributed by atoms with Crippen LogP contribution >= 0.6 is 15.9 Å². The van der Waals surface area contributed by atoms with Crippen LogP contribution in [0.3, 0.4) is 0 Å². The number of anilines is 1. The van der Waals surface area contributed by atoms with Gasteiger partial charge in [-0.15, -0.1) is 0 Å². The number of hydrogen-bond acceptors (Lipinski definition) is 5. The molecule has 0 fully saturated rings. The van der Waals surface area contributed by atoms with Crippen LogP contribution in [-0.2, 0) is 16.0 Å². The van der Waals surface area contributed by atoms with Crippen LogP contribution in [0.4, 0.5) is 5.69 Å². The Hall–Kier alpha value is -3.89. The predicted octanol–water partition coefficient (Wildman–Crippen LogP) is 5.77. The molecule has 0 atom stereocenters. The number of hydrogen-bond donors (Lipinski definition) is 1. The van der Waals surface area contributed by atoms with E-state index in [-0.39, 0.29) is 12.2 Å². The molecule has 172 valence electrons. The smallest absolute Gasteiger partial charge is 0.338 e. The minimum Gasteiger partial charge on any atom is -0.497 e. The van der Waals surface area contributed by atoms with E-state index in [1.165, 1.54) is 0 Å². The maximum atomic E-state index is 12.8. The quantitative estimate of drug-likeness (QED) is 0.232. The maximum absolute atomic E-state index is 12.8. The molecule has 0 saturated carbocycles. The van der Waals surface area contributed by atoms with E-state index in [0.717, 1.165) is 21.2 Å². The molecule has 1 amide bonds. The molecule has 0 aliphatic carbocycles. The van der Waals surface area contributed by atoms with Crippen LogP contribution in [0.2, 0.25) is 0 Å². The van der Waals surface area contributed by atoms with E-state index in [2.05, 4.69) is 21.2 Å². The summed E-state index contributed by atoms with van der Waals surface area (Å²) >= 11 is 3.57. The highest BCUT2D eigenvalue weighted by Gasteiger charge is 2.13. The highest BCUT2D eigenvalue weighted by Crippen LogP contribution is 2.26. The Bertz CT molecular complexity index is 1260. The Morgan fingerprint density at radius 1 is 1.06 bits per heavy atom. The number of rotatable bonds is 8. The van der Waals surface area contributed by atoms with Crippen molar-refractivity contribution in [3.8, 4) is 11.8 Å². The number of ether oxygens (including phenoxy) is 2. The van der Waals surface area contributed by atoms with Gasteiger partial charge in [-0.3, -0.25) is 4.79 Å². The predicted molar refractivity (Wildman–Crippen MR) is 135 cm³/mol. The normalized spacial score (nSPS) is 10.8. The van der Waals surface area contributed by atoms with Crippen molar-refractivity contribution in [3.05, 3.63) is 99.0 Å². The second-order valence-corrected chi connectivity index (χ2v) is 8.11. The number of esters is 1. The van der Waals surface area contributed by atoms with Crippen LogP contribution in [0.5, 0.6) is 5.75 Å². The average Bonchev–Trinajstić information content (AvgIpc) is 2.85. The molecule has 0 heterocycles. The van der Waals surface area contributed by atoms with Gasteiger partial charge in [0.15, 0.2) is 0 Å². The molecule has 1 N–H and O–H groups in total.